The Kier molecular flexibility index (Phi) is 3.91. The number of methoxy groups -OCH3 is 1. The normalized spacial score (nSPS) is 22.6. The second kappa shape index (κ2) is 5.48. The van der Waals surface area contributed by atoms with Crippen LogP contribution in [0.2, 0.25) is 0 Å². The highest BCUT2D eigenvalue weighted by molar-refractivity contribution is 5.61. The first-order chi connectivity index (χ1) is 9.42. The zero-order valence-electron chi connectivity index (χ0n) is 11.9. The molecule has 2 N–H and O–H groups in total. The van der Waals surface area contributed by atoms with Crippen LogP contribution in [0.4, 0.5) is 17.5 Å². The highest BCUT2D eigenvalue weighted by Crippen LogP contribution is 2.33. The molecule has 1 saturated heterocycles. The van der Waals surface area contributed by atoms with Gasteiger partial charge in [-0.05, 0) is 18.3 Å². The molecule has 2 heterocycles. The Morgan fingerprint density at radius 3 is 2.45 bits per heavy atom. The SMILES string of the molecule is COc1nc(N2C[C@H](C)C[C@H](C)C2)nc(N)c1[N+](=O)[O-]. The molecule has 8 heteroatoms. The second-order valence-electron chi connectivity index (χ2n) is 5.37. The van der Waals surface area contributed by atoms with Crippen LogP contribution in [0.25, 0.3) is 0 Å². The van der Waals surface area contributed by atoms with Gasteiger partial charge in [-0.15, -0.1) is 0 Å². The minimum Gasteiger partial charge on any atom is -0.476 e. The van der Waals surface area contributed by atoms with Crippen molar-refractivity contribution in [3.05, 3.63) is 10.1 Å². The standard InChI is InChI=1S/C12H19N5O3/c1-7-4-8(2)6-16(5-7)12-14-10(13)9(17(18)19)11(15-12)20-3/h7-8H,4-6H2,1-3H3,(H2,13,14,15)/t7-,8+. The van der Waals surface area contributed by atoms with Gasteiger partial charge in [-0.25, -0.2) is 0 Å². The summed E-state index contributed by atoms with van der Waals surface area (Å²) in [5.41, 5.74) is 5.29. The molecule has 1 aromatic rings. The molecule has 2 atom stereocenters. The Labute approximate surface area is 117 Å². The van der Waals surface area contributed by atoms with Crippen molar-refractivity contribution >= 4 is 17.5 Å². The van der Waals surface area contributed by atoms with Crippen LogP contribution < -0.4 is 15.4 Å². The van der Waals surface area contributed by atoms with E-state index in [2.05, 4.69) is 23.8 Å². The van der Waals surface area contributed by atoms with Gasteiger partial charge in [0.05, 0.1) is 12.0 Å². The molecular weight excluding hydrogens is 262 g/mol. The van der Waals surface area contributed by atoms with Crippen LogP contribution in [-0.2, 0) is 0 Å². The van der Waals surface area contributed by atoms with Gasteiger partial charge in [-0.2, -0.15) is 9.97 Å². The first kappa shape index (κ1) is 14.3. The number of nitro groups is 1. The number of ether oxygens (including phenoxy) is 1. The summed E-state index contributed by atoms with van der Waals surface area (Å²) in [6.07, 6.45) is 1.15. The van der Waals surface area contributed by atoms with Crippen molar-refractivity contribution < 1.29 is 9.66 Å². The van der Waals surface area contributed by atoms with Crippen LogP contribution in [0.1, 0.15) is 20.3 Å². The molecule has 1 aromatic heterocycles. The van der Waals surface area contributed by atoms with Crippen LogP contribution >= 0.6 is 0 Å². The van der Waals surface area contributed by atoms with Crippen molar-refractivity contribution in [2.45, 2.75) is 20.3 Å². The maximum absolute atomic E-state index is 10.9. The molecule has 0 spiro atoms. The Hall–Kier alpha value is -2.12. The molecule has 1 aliphatic heterocycles. The quantitative estimate of drug-likeness (QED) is 0.660. The summed E-state index contributed by atoms with van der Waals surface area (Å²) in [4.78, 5) is 20.5. The number of hydrogen-bond acceptors (Lipinski definition) is 7. The van der Waals surface area contributed by atoms with Gasteiger partial charge in [-0.3, -0.25) is 10.1 Å². The van der Waals surface area contributed by atoms with Gasteiger partial charge in [0.2, 0.25) is 11.8 Å². The van der Waals surface area contributed by atoms with E-state index in [9.17, 15) is 10.1 Å². The van der Waals surface area contributed by atoms with Crippen LogP contribution in [0, 0.1) is 22.0 Å². The van der Waals surface area contributed by atoms with Gasteiger partial charge in [0.25, 0.3) is 0 Å². The lowest BCUT2D eigenvalue weighted by Crippen LogP contribution is -2.39. The third-order valence-electron chi connectivity index (χ3n) is 3.39. The lowest BCUT2D eigenvalue weighted by molar-refractivity contribution is -0.385. The van der Waals surface area contributed by atoms with Gasteiger partial charge < -0.3 is 15.4 Å². The summed E-state index contributed by atoms with van der Waals surface area (Å²) in [5, 5.41) is 10.9. The fourth-order valence-electron chi connectivity index (χ4n) is 2.72. The summed E-state index contributed by atoms with van der Waals surface area (Å²) in [7, 11) is 1.33. The van der Waals surface area contributed by atoms with Gasteiger partial charge >= 0.3 is 11.6 Å². The zero-order valence-corrected chi connectivity index (χ0v) is 11.9. The molecule has 1 aliphatic rings. The minimum atomic E-state index is -0.626. The molecule has 1 fully saturated rings. The molecule has 0 radical (unpaired) electrons. The van der Waals surface area contributed by atoms with Gasteiger partial charge in [0, 0.05) is 13.1 Å². The number of piperidine rings is 1. The van der Waals surface area contributed by atoms with Crippen molar-refractivity contribution in [2.75, 3.05) is 30.8 Å². The Morgan fingerprint density at radius 1 is 1.35 bits per heavy atom. The Bertz CT molecular complexity index is 512. The second-order valence-corrected chi connectivity index (χ2v) is 5.37. The van der Waals surface area contributed by atoms with E-state index in [4.69, 9.17) is 10.5 Å². The molecule has 110 valence electrons. The number of anilines is 2. The van der Waals surface area contributed by atoms with Gasteiger partial charge in [0.1, 0.15) is 0 Å². The fraction of sp³-hybridized carbons (Fsp3) is 0.667. The summed E-state index contributed by atoms with van der Waals surface area (Å²) >= 11 is 0. The molecule has 0 aliphatic carbocycles. The highest BCUT2D eigenvalue weighted by Gasteiger charge is 2.29. The number of nitrogen functional groups attached to an aromatic ring is 1. The maximum Gasteiger partial charge on any atom is 0.372 e. The summed E-state index contributed by atoms with van der Waals surface area (Å²) in [5.74, 6) is 1.17. The zero-order chi connectivity index (χ0) is 14.9. The molecule has 20 heavy (non-hydrogen) atoms. The van der Waals surface area contributed by atoms with Crippen molar-refractivity contribution in [1.82, 2.24) is 9.97 Å². The summed E-state index contributed by atoms with van der Waals surface area (Å²) in [6.45, 7) is 5.94. The number of nitrogens with two attached hydrogens (primary N) is 1. The minimum absolute atomic E-state index is 0.0941. The van der Waals surface area contributed by atoms with E-state index in [0.29, 0.717) is 17.8 Å². The van der Waals surface area contributed by atoms with Crippen LogP contribution in [0.3, 0.4) is 0 Å². The van der Waals surface area contributed by atoms with E-state index in [1.807, 2.05) is 4.90 Å². The fourth-order valence-corrected chi connectivity index (χ4v) is 2.72. The third-order valence-corrected chi connectivity index (χ3v) is 3.39. The van der Waals surface area contributed by atoms with Crippen molar-refractivity contribution in [1.29, 1.82) is 0 Å². The predicted molar refractivity (Wildman–Crippen MR) is 74.8 cm³/mol. The monoisotopic (exact) mass is 281 g/mol. The predicted octanol–water partition coefficient (Wildman–Crippen LogP) is 1.46. The van der Waals surface area contributed by atoms with E-state index >= 15 is 0 Å². The Morgan fingerprint density at radius 2 is 1.95 bits per heavy atom. The summed E-state index contributed by atoms with van der Waals surface area (Å²) < 4.78 is 4.97. The summed E-state index contributed by atoms with van der Waals surface area (Å²) in [6, 6.07) is 0. The van der Waals surface area contributed by atoms with Gasteiger partial charge in [0.15, 0.2) is 0 Å². The molecule has 0 amide bonds. The lowest BCUT2D eigenvalue weighted by Gasteiger charge is -2.35. The molecule has 8 nitrogen and oxygen atoms in total. The van der Waals surface area contributed by atoms with Crippen molar-refractivity contribution in [3.8, 4) is 5.88 Å². The molecule has 0 saturated carbocycles. The smallest absolute Gasteiger partial charge is 0.372 e. The van der Waals surface area contributed by atoms with Gasteiger partial charge in [-0.1, -0.05) is 13.8 Å². The average molecular weight is 281 g/mol. The average Bonchev–Trinajstić information content (AvgIpc) is 2.35. The Balaban J connectivity index is 2.38. The van der Waals surface area contributed by atoms with Crippen molar-refractivity contribution in [3.63, 3.8) is 0 Å². The number of aromatic nitrogens is 2. The maximum atomic E-state index is 10.9. The van der Waals surface area contributed by atoms with Crippen molar-refractivity contribution in [2.24, 2.45) is 11.8 Å². The van der Waals surface area contributed by atoms with E-state index in [0.717, 1.165) is 19.5 Å². The number of hydrogen-bond donors (Lipinski definition) is 1. The highest BCUT2D eigenvalue weighted by atomic mass is 16.6. The molecule has 0 bridgehead atoms. The lowest BCUT2D eigenvalue weighted by atomic mass is 9.92. The molecule has 0 aromatic carbocycles. The third kappa shape index (κ3) is 2.73. The first-order valence-electron chi connectivity index (χ1n) is 6.53. The number of rotatable bonds is 3. The number of nitrogens with zero attached hydrogens (tertiary/aromatic N) is 4. The largest absolute Gasteiger partial charge is 0.476 e. The molecule has 2 rings (SSSR count). The molecular formula is C12H19N5O3. The van der Waals surface area contributed by atoms with E-state index in [-0.39, 0.29) is 17.4 Å². The van der Waals surface area contributed by atoms with E-state index in [1.165, 1.54) is 7.11 Å². The molecule has 0 unspecified atom stereocenters. The van der Waals surface area contributed by atoms with Crippen LogP contribution in [-0.4, -0.2) is 35.1 Å². The topological polar surface area (TPSA) is 107 Å². The first-order valence-corrected chi connectivity index (χ1v) is 6.53. The van der Waals surface area contributed by atoms with E-state index < -0.39 is 4.92 Å². The van der Waals surface area contributed by atoms with Crippen LogP contribution in [0.15, 0.2) is 0 Å². The van der Waals surface area contributed by atoms with E-state index in [1.54, 1.807) is 0 Å². The van der Waals surface area contributed by atoms with Crippen LogP contribution in [0.5, 0.6) is 5.88 Å².